The number of carbonyl (C=O) groups excluding carboxylic acids is 2. The van der Waals surface area contributed by atoms with Crippen LogP contribution in [-0.2, 0) is 9.59 Å². The van der Waals surface area contributed by atoms with E-state index in [1.807, 2.05) is 29.2 Å². The molecule has 0 saturated carbocycles. The SMILES string of the molecule is COc1ccc(N2C[C@H](C(=O)N3CCC[C@H](C)C3)CC2=O)cc1. The van der Waals surface area contributed by atoms with E-state index in [0.29, 0.717) is 18.9 Å². The van der Waals surface area contributed by atoms with Gasteiger partial charge in [-0.3, -0.25) is 9.59 Å². The summed E-state index contributed by atoms with van der Waals surface area (Å²) in [5.41, 5.74) is 0.832. The summed E-state index contributed by atoms with van der Waals surface area (Å²) < 4.78 is 5.14. The highest BCUT2D eigenvalue weighted by Crippen LogP contribution is 2.29. The molecule has 0 aliphatic carbocycles. The zero-order chi connectivity index (χ0) is 16.4. The van der Waals surface area contributed by atoms with Crippen LogP contribution in [0.15, 0.2) is 24.3 Å². The number of nitrogens with zero attached hydrogens (tertiary/aromatic N) is 2. The predicted octanol–water partition coefficient (Wildman–Crippen LogP) is 2.31. The topological polar surface area (TPSA) is 49.9 Å². The quantitative estimate of drug-likeness (QED) is 0.860. The van der Waals surface area contributed by atoms with Crippen molar-refractivity contribution in [3.63, 3.8) is 0 Å². The van der Waals surface area contributed by atoms with E-state index >= 15 is 0 Å². The molecule has 124 valence electrons. The number of anilines is 1. The Labute approximate surface area is 137 Å². The maximum Gasteiger partial charge on any atom is 0.228 e. The van der Waals surface area contributed by atoms with Crippen LogP contribution >= 0.6 is 0 Å². The Morgan fingerprint density at radius 1 is 1.22 bits per heavy atom. The van der Waals surface area contributed by atoms with Crippen LogP contribution < -0.4 is 9.64 Å². The monoisotopic (exact) mass is 316 g/mol. The van der Waals surface area contributed by atoms with Gasteiger partial charge in [0.25, 0.3) is 0 Å². The normalized spacial score (nSPS) is 24.9. The fourth-order valence-corrected chi connectivity index (χ4v) is 3.53. The van der Waals surface area contributed by atoms with Crippen molar-refractivity contribution in [1.82, 2.24) is 4.90 Å². The van der Waals surface area contributed by atoms with Crippen molar-refractivity contribution in [3.05, 3.63) is 24.3 Å². The molecule has 2 aliphatic heterocycles. The predicted molar refractivity (Wildman–Crippen MR) is 88.4 cm³/mol. The van der Waals surface area contributed by atoms with Gasteiger partial charge < -0.3 is 14.5 Å². The van der Waals surface area contributed by atoms with Gasteiger partial charge in [-0.25, -0.2) is 0 Å². The highest BCUT2D eigenvalue weighted by molar-refractivity contribution is 6.00. The summed E-state index contributed by atoms with van der Waals surface area (Å²) in [7, 11) is 1.62. The van der Waals surface area contributed by atoms with E-state index in [9.17, 15) is 9.59 Å². The molecule has 2 aliphatic rings. The largest absolute Gasteiger partial charge is 0.497 e. The number of amides is 2. The molecule has 0 bridgehead atoms. The Kier molecular flexibility index (Phi) is 4.55. The van der Waals surface area contributed by atoms with Crippen molar-refractivity contribution in [2.75, 3.05) is 31.6 Å². The lowest BCUT2D eigenvalue weighted by Crippen LogP contribution is -2.43. The number of ether oxygens (including phenoxy) is 1. The Balaban J connectivity index is 1.67. The van der Waals surface area contributed by atoms with E-state index in [1.54, 1.807) is 12.0 Å². The molecule has 2 heterocycles. The molecule has 0 spiro atoms. The van der Waals surface area contributed by atoms with Crippen LogP contribution in [0.4, 0.5) is 5.69 Å². The summed E-state index contributed by atoms with van der Waals surface area (Å²) in [4.78, 5) is 28.7. The maximum atomic E-state index is 12.7. The minimum Gasteiger partial charge on any atom is -0.497 e. The second kappa shape index (κ2) is 6.60. The average molecular weight is 316 g/mol. The average Bonchev–Trinajstić information content (AvgIpc) is 2.96. The van der Waals surface area contributed by atoms with E-state index in [-0.39, 0.29) is 17.7 Å². The molecule has 1 aromatic rings. The van der Waals surface area contributed by atoms with Crippen molar-refractivity contribution >= 4 is 17.5 Å². The second-order valence-electron chi connectivity index (χ2n) is 6.64. The number of likely N-dealkylation sites (tertiary alicyclic amines) is 1. The van der Waals surface area contributed by atoms with Crippen LogP contribution in [0.25, 0.3) is 0 Å². The van der Waals surface area contributed by atoms with Crippen LogP contribution in [0.1, 0.15) is 26.2 Å². The van der Waals surface area contributed by atoms with Crippen molar-refractivity contribution in [1.29, 1.82) is 0 Å². The van der Waals surface area contributed by atoms with Crippen molar-refractivity contribution in [2.24, 2.45) is 11.8 Å². The third-order valence-corrected chi connectivity index (χ3v) is 4.83. The number of carbonyl (C=O) groups is 2. The van der Waals surface area contributed by atoms with E-state index < -0.39 is 0 Å². The molecule has 2 atom stereocenters. The van der Waals surface area contributed by atoms with Crippen LogP contribution in [0.5, 0.6) is 5.75 Å². The lowest BCUT2D eigenvalue weighted by molar-refractivity contribution is -0.137. The number of benzene rings is 1. The van der Waals surface area contributed by atoms with Gasteiger partial charge in [-0.2, -0.15) is 0 Å². The molecule has 23 heavy (non-hydrogen) atoms. The highest BCUT2D eigenvalue weighted by atomic mass is 16.5. The van der Waals surface area contributed by atoms with Gasteiger partial charge in [0, 0.05) is 31.7 Å². The fraction of sp³-hybridized carbons (Fsp3) is 0.556. The Morgan fingerprint density at radius 3 is 2.61 bits per heavy atom. The van der Waals surface area contributed by atoms with Gasteiger partial charge in [-0.1, -0.05) is 6.92 Å². The number of rotatable bonds is 3. The van der Waals surface area contributed by atoms with Crippen LogP contribution in [-0.4, -0.2) is 43.5 Å². The van der Waals surface area contributed by atoms with Crippen LogP contribution in [0.2, 0.25) is 0 Å². The van der Waals surface area contributed by atoms with Gasteiger partial charge in [0.1, 0.15) is 5.75 Å². The van der Waals surface area contributed by atoms with Gasteiger partial charge in [0.15, 0.2) is 0 Å². The maximum absolute atomic E-state index is 12.7. The van der Waals surface area contributed by atoms with Gasteiger partial charge in [0.2, 0.25) is 11.8 Å². The molecule has 0 unspecified atom stereocenters. The molecule has 2 amide bonds. The van der Waals surface area contributed by atoms with Gasteiger partial charge >= 0.3 is 0 Å². The molecule has 2 saturated heterocycles. The molecule has 0 radical (unpaired) electrons. The van der Waals surface area contributed by atoms with Crippen molar-refractivity contribution in [3.8, 4) is 5.75 Å². The molecule has 0 aromatic heterocycles. The molecule has 5 heteroatoms. The first-order valence-corrected chi connectivity index (χ1v) is 8.31. The molecular weight excluding hydrogens is 292 g/mol. The van der Waals surface area contributed by atoms with Gasteiger partial charge in [-0.15, -0.1) is 0 Å². The summed E-state index contributed by atoms with van der Waals surface area (Å²) in [6, 6.07) is 7.41. The number of hydrogen-bond acceptors (Lipinski definition) is 3. The lowest BCUT2D eigenvalue weighted by atomic mass is 9.98. The number of methoxy groups -OCH3 is 1. The third-order valence-electron chi connectivity index (χ3n) is 4.83. The summed E-state index contributed by atoms with van der Waals surface area (Å²) in [6.45, 7) is 4.32. The lowest BCUT2D eigenvalue weighted by Gasteiger charge is -2.32. The zero-order valence-electron chi connectivity index (χ0n) is 13.8. The highest BCUT2D eigenvalue weighted by Gasteiger charge is 2.37. The van der Waals surface area contributed by atoms with Crippen LogP contribution in [0.3, 0.4) is 0 Å². The zero-order valence-corrected chi connectivity index (χ0v) is 13.8. The molecule has 1 aromatic carbocycles. The Bertz CT molecular complexity index is 584. The van der Waals surface area contributed by atoms with Crippen LogP contribution in [0, 0.1) is 11.8 Å². The third kappa shape index (κ3) is 3.33. The standard InChI is InChI=1S/C18H24N2O3/c1-13-4-3-9-19(11-13)18(22)14-10-17(21)20(12-14)15-5-7-16(23-2)8-6-15/h5-8,13-14H,3-4,9-12H2,1-2H3/t13-,14+/m0/s1. The Hall–Kier alpha value is -2.04. The van der Waals surface area contributed by atoms with Gasteiger partial charge in [-0.05, 0) is 43.0 Å². The smallest absolute Gasteiger partial charge is 0.228 e. The first-order chi connectivity index (χ1) is 11.1. The van der Waals surface area contributed by atoms with Gasteiger partial charge in [0.05, 0.1) is 13.0 Å². The van der Waals surface area contributed by atoms with Crippen molar-refractivity contribution < 1.29 is 14.3 Å². The van der Waals surface area contributed by atoms with E-state index in [0.717, 1.165) is 30.9 Å². The fourth-order valence-electron chi connectivity index (χ4n) is 3.53. The Morgan fingerprint density at radius 2 is 1.96 bits per heavy atom. The van der Waals surface area contributed by atoms with Crippen molar-refractivity contribution in [2.45, 2.75) is 26.2 Å². The molecule has 3 rings (SSSR count). The number of hydrogen-bond donors (Lipinski definition) is 0. The minimum absolute atomic E-state index is 0.0265. The molecular formula is C18H24N2O3. The molecule has 0 N–H and O–H groups in total. The second-order valence-corrected chi connectivity index (χ2v) is 6.64. The summed E-state index contributed by atoms with van der Waals surface area (Å²) in [6.07, 6.45) is 2.57. The molecule has 5 nitrogen and oxygen atoms in total. The van der Waals surface area contributed by atoms with E-state index in [1.165, 1.54) is 6.42 Å². The molecule has 2 fully saturated rings. The first-order valence-electron chi connectivity index (χ1n) is 8.31. The number of piperidine rings is 1. The summed E-state index contributed by atoms with van der Waals surface area (Å²) in [5.74, 6) is 1.27. The summed E-state index contributed by atoms with van der Waals surface area (Å²) in [5, 5.41) is 0. The minimum atomic E-state index is -0.213. The van der Waals surface area contributed by atoms with E-state index in [4.69, 9.17) is 4.74 Å². The first kappa shape index (κ1) is 15.8. The summed E-state index contributed by atoms with van der Waals surface area (Å²) >= 11 is 0. The van der Waals surface area contributed by atoms with E-state index in [2.05, 4.69) is 6.92 Å².